The first-order chi connectivity index (χ1) is 14.2. The van der Waals surface area contributed by atoms with E-state index in [2.05, 4.69) is 15.2 Å². The molecular formula is C20H20ClN3O4S2. The van der Waals surface area contributed by atoms with Gasteiger partial charge in [0.25, 0.3) is 10.0 Å². The third kappa shape index (κ3) is 5.10. The van der Waals surface area contributed by atoms with Crippen molar-refractivity contribution in [3.63, 3.8) is 0 Å². The van der Waals surface area contributed by atoms with Crippen molar-refractivity contribution >= 4 is 62.4 Å². The highest BCUT2D eigenvalue weighted by molar-refractivity contribution is 7.94. The molecule has 30 heavy (non-hydrogen) atoms. The topological polar surface area (TPSA) is 101 Å². The molecule has 0 fully saturated rings. The molecule has 3 rings (SSSR count). The summed E-state index contributed by atoms with van der Waals surface area (Å²) in [5.74, 6) is 0.238. The second-order valence-electron chi connectivity index (χ2n) is 6.47. The molecule has 0 aliphatic carbocycles. The lowest BCUT2D eigenvalue weighted by Crippen LogP contribution is -2.11. The Kier molecular flexibility index (Phi) is 6.64. The first-order valence-electron chi connectivity index (χ1n) is 9.02. The van der Waals surface area contributed by atoms with E-state index in [9.17, 15) is 13.2 Å². The molecule has 1 amide bonds. The average molecular weight is 466 g/mol. The van der Waals surface area contributed by atoms with Crippen LogP contribution in [0, 0.1) is 13.8 Å². The zero-order valence-electron chi connectivity index (χ0n) is 16.5. The normalized spacial score (nSPS) is 11.7. The molecule has 2 heterocycles. The number of amides is 1. The number of hydrogen-bond acceptors (Lipinski definition) is 6. The van der Waals surface area contributed by atoms with Crippen molar-refractivity contribution in [1.29, 1.82) is 0 Å². The predicted molar refractivity (Wildman–Crippen MR) is 120 cm³/mol. The van der Waals surface area contributed by atoms with Crippen LogP contribution in [0.5, 0.6) is 0 Å². The molecule has 0 unspecified atom stereocenters. The molecule has 3 aromatic rings. The molecule has 0 atom stereocenters. The van der Waals surface area contributed by atoms with Crippen LogP contribution in [0.15, 0.2) is 39.1 Å². The highest BCUT2D eigenvalue weighted by Crippen LogP contribution is 2.28. The average Bonchev–Trinajstić information content (AvgIpc) is 3.31. The number of thiophene rings is 1. The third-order valence-corrected chi connectivity index (χ3v) is 7.50. The lowest BCUT2D eigenvalue weighted by molar-refractivity contribution is -0.115. The summed E-state index contributed by atoms with van der Waals surface area (Å²) in [4.78, 5) is 12.4. The van der Waals surface area contributed by atoms with Gasteiger partial charge < -0.3 is 9.84 Å². The van der Waals surface area contributed by atoms with Gasteiger partial charge in [-0.3, -0.25) is 9.52 Å². The predicted octanol–water partition coefficient (Wildman–Crippen LogP) is 5.33. The number of aryl methyl sites for hydroxylation is 2. The van der Waals surface area contributed by atoms with E-state index in [1.54, 1.807) is 50.3 Å². The second kappa shape index (κ2) is 9.03. The number of nitrogens with zero attached hydrogens (tertiary/aromatic N) is 1. The Morgan fingerprint density at radius 1 is 1.23 bits per heavy atom. The van der Waals surface area contributed by atoms with Crippen molar-refractivity contribution in [2.24, 2.45) is 0 Å². The van der Waals surface area contributed by atoms with Gasteiger partial charge in [0.2, 0.25) is 5.91 Å². The number of hydrogen-bond donors (Lipinski definition) is 2. The SMILES string of the molecule is CCC(=O)Nc1c(C)noc1C=Cc1ccc(S(=O)(=O)Nc2ccc(C)c(Cl)c2)s1. The second-order valence-corrected chi connectivity index (χ2v) is 9.90. The fourth-order valence-electron chi connectivity index (χ4n) is 2.47. The minimum absolute atomic E-state index is 0.150. The van der Waals surface area contributed by atoms with Gasteiger partial charge in [0.1, 0.15) is 15.6 Å². The lowest BCUT2D eigenvalue weighted by Gasteiger charge is -2.07. The van der Waals surface area contributed by atoms with E-state index in [0.29, 0.717) is 39.1 Å². The maximum Gasteiger partial charge on any atom is 0.271 e. The van der Waals surface area contributed by atoms with Crippen molar-refractivity contribution in [2.45, 2.75) is 31.4 Å². The molecule has 2 aromatic heterocycles. The van der Waals surface area contributed by atoms with Gasteiger partial charge in [-0.1, -0.05) is 29.7 Å². The van der Waals surface area contributed by atoms with Crippen molar-refractivity contribution < 1.29 is 17.7 Å². The molecule has 7 nitrogen and oxygen atoms in total. The van der Waals surface area contributed by atoms with Gasteiger partial charge >= 0.3 is 0 Å². The first kappa shape index (κ1) is 22.1. The van der Waals surface area contributed by atoms with Gasteiger partial charge in [0.05, 0.1) is 5.69 Å². The van der Waals surface area contributed by atoms with Gasteiger partial charge in [0.15, 0.2) is 5.76 Å². The van der Waals surface area contributed by atoms with E-state index in [1.165, 1.54) is 6.07 Å². The smallest absolute Gasteiger partial charge is 0.271 e. The maximum atomic E-state index is 12.7. The Morgan fingerprint density at radius 2 is 2.00 bits per heavy atom. The minimum Gasteiger partial charge on any atom is -0.354 e. The Balaban J connectivity index is 1.78. The van der Waals surface area contributed by atoms with Crippen LogP contribution in [0.3, 0.4) is 0 Å². The first-order valence-corrected chi connectivity index (χ1v) is 11.7. The van der Waals surface area contributed by atoms with Crippen LogP contribution < -0.4 is 10.0 Å². The van der Waals surface area contributed by atoms with Crippen LogP contribution >= 0.6 is 22.9 Å². The van der Waals surface area contributed by atoms with Crippen LogP contribution in [0.4, 0.5) is 11.4 Å². The number of anilines is 2. The van der Waals surface area contributed by atoms with Crippen LogP contribution in [-0.4, -0.2) is 19.5 Å². The molecule has 0 aliphatic rings. The monoisotopic (exact) mass is 465 g/mol. The minimum atomic E-state index is -3.75. The Labute approximate surface area is 183 Å². The summed E-state index contributed by atoms with van der Waals surface area (Å²) in [5, 5.41) is 7.10. The standard InChI is InChI=1S/C20H20ClN3O4S2/c1-4-18(25)22-20-13(3)23-28-17(20)9-7-15-8-10-19(29-15)30(26,27)24-14-6-5-12(2)16(21)11-14/h5-11,24H,4H2,1-3H3,(H,22,25). The molecular weight excluding hydrogens is 446 g/mol. The van der Waals surface area contributed by atoms with Gasteiger partial charge in [-0.25, -0.2) is 8.42 Å². The van der Waals surface area contributed by atoms with E-state index in [0.717, 1.165) is 16.9 Å². The summed E-state index contributed by atoms with van der Waals surface area (Å²) in [6, 6.07) is 8.18. The number of sulfonamides is 1. The summed E-state index contributed by atoms with van der Waals surface area (Å²) >= 11 is 7.16. The molecule has 10 heteroatoms. The molecule has 0 radical (unpaired) electrons. The van der Waals surface area contributed by atoms with E-state index < -0.39 is 10.0 Å². The fourth-order valence-corrected chi connectivity index (χ4v) is 4.93. The van der Waals surface area contributed by atoms with Crippen molar-refractivity contribution in [3.8, 4) is 0 Å². The zero-order valence-corrected chi connectivity index (χ0v) is 18.9. The summed E-state index contributed by atoms with van der Waals surface area (Å²) in [6.45, 7) is 5.32. The summed E-state index contributed by atoms with van der Waals surface area (Å²) in [6.07, 6.45) is 3.67. The van der Waals surface area contributed by atoms with Gasteiger partial charge in [0, 0.05) is 16.3 Å². The summed E-state index contributed by atoms with van der Waals surface area (Å²) < 4.78 is 33.2. The Hall–Kier alpha value is -2.62. The number of nitrogens with one attached hydrogen (secondary N) is 2. The van der Waals surface area contributed by atoms with E-state index in [-0.39, 0.29) is 10.1 Å². The molecule has 0 saturated heterocycles. The fraction of sp³-hybridized carbons (Fsp3) is 0.200. The van der Waals surface area contributed by atoms with Crippen LogP contribution in [0.1, 0.15) is 35.2 Å². The Morgan fingerprint density at radius 3 is 2.70 bits per heavy atom. The third-order valence-electron chi connectivity index (χ3n) is 4.16. The Bertz CT molecular complexity index is 1210. The lowest BCUT2D eigenvalue weighted by atomic mass is 10.2. The summed E-state index contributed by atoms with van der Waals surface area (Å²) in [5.41, 5.74) is 2.32. The van der Waals surface area contributed by atoms with E-state index >= 15 is 0 Å². The van der Waals surface area contributed by atoms with E-state index in [4.69, 9.17) is 16.1 Å². The molecule has 0 saturated carbocycles. The highest BCUT2D eigenvalue weighted by Gasteiger charge is 2.17. The van der Waals surface area contributed by atoms with Crippen molar-refractivity contribution in [3.05, 3.63) is 57.2 Å². The summed E-state index contributed by atoms with van der Waals surface area (Å²) in [7, 11) is -3.75. The molecule has 1 aromatic carbocycles. The maximum absolute atomic E-state index is 12.7. The van der Waals surface area contributed by atoms with Crippen molar-refractivity contribution in [1.82, 2.24) is 5.16 Å². The molecule has 158 valence electrons. The number of aromatic nitrogens is 1. The van der Waals surface area contributed by atoms with Crippen LogP contribution in [0.2, 0.25) is 5.02 Å². The quantitative estimate of drug-likeness (QED) is 0.491. The highest BCUT2D eigenvalue weighted by atomic mass is 35.5. The molecule has 0 spiro atoms. The van der Waals surface area contributed by atoms with Gasteiger partial charge in [-0.05, 0) is 55.8 Å². The number of carbonyl (C=O) groups is 1. The van der Waals surface area contributed by atoms with Crippen LogP contribution in [0.25, 0.3) is 12.2 Å². The largest absolute Gasteiger partial charge is 0.354 e. The number of carbonyl (C=O) groups excluding carboxylic acids is 1. The van der Waals surface area contributed by atoms with Gasteiger partial charge in [-0.15, -0.1) is 11.3 Å². The van der Waals surface area contributed by atoms with E-state index in [1.807, 2.05) is 6.92 Å². The number of benzene rings is 1. The van der Waals surface area contributed by atoms with Crippen molar-refractivity contribution in [2.75, 3.05) is 10.0 Å². The zero-order chi connectivity index (χ0) is 21.9. The number of halogens is 1. The molecule has 2 N–H and O–H groups in total. The molecule has 0 aliphatic heterocycles. The number of rotatable bonds is 7. The van der Waals surface area contributed by atoms with Gasteiger partial charge in [-0.2, -0.15) is 0 Å². The van der Waals surface area contributed by atoms with Crippen LogP contribution in [-0.2, 0) is 14.8 Å². The molecule has 0 bridgehead atoms.